The van der Waals surface area contributed by atoms with Crippen LogP contribution in [0.15, 0.2) is 0 Å². The second kappa shape index (κ2) is 38.9. The van der Waals surface area contributed by atoms with E-state index in [4.69, 9.17) is 9.84 Å². The summed E-state index contributed by atoms with van der Waals surface area (Å²) in [5.41, 5.74) is 0. The minimum atomic E-state index is 0.370. The molecule has 0 aromatic rings. The van der Waals surface area contributed by atoms with Gasteiger partial charge in [0.1, 0.15) is 0 Å². The van der Waals surface area contributed by atoms with Crippen molar-refractivity contribution in [1.82, 2.24) is 0 Å². The van der Waals surface area contributed by atoms with Crippen molar-refractivity contribution in [3.8, 4) is 0 Å². The normalized spacial score (nSPS) is 11.6. The molecule has 0 bridgehead atoms. The van der Waals surface area contributed by atoms with Crippen molar-refractivity contribution < 1.29 is 9.84 Å². The van der Waals surface area contributed by atoms with Gasteiger partial charge in [-0.3, -0.25) is 0 Å². The van der Waals surface area contributed by atoms with Crippen LogP contribution in [0.2, 0.25) is 0 Å². The van der Waals surface area contributed by atoms with Crippen LogP contribution in [0.3, 0.4) is 0 Å². The molecule has 0 rings (SSSR count). The van der Waals surface area contributed by atoms with Gasteiger partial charge < -0.3 is 9.84 Å². The van der Waals surface area contributed by atoms with Crippen molar-refractivity contribution in [2.24, 2.45) is 0 Å². The predicted molar refractivity (Wildman–Crippen MR) is 181 cm³/mol. The highest BCUT2D eigenvalue weighted by molar-refractivity contribution is 4.52. The number of rotatable bonds is 37. The average molecular weight is 567 g/mol. The molecule has 0 saturated carbocycles. The Balaban J connectivity index is 3.01. The maximum Gasteiger partial charge on any atom is 0.0466 e. The second-order valence-corrected chi connectivity index (χ2v) is 13.0. The van der Waals surface area contributed by atoms with Crippen LogP contribution in [0, 0.1) is 0 Å². The fourth-order valence-electron chi connectivity index (χ4n) is 6.00. The topological polar surface area (TPSA) is 29.5 Å². The van der Waals surface area contributed by atoms with E-state index in [-0.39, 0.29) is 0 Å². The zero-order chi connectivity index (χ0) is 28.9. The van der Waals surface area contributed by atoms with Crippen LogP contribution in [0.25, 0.3) is 0 Å². The first-order valence-corrected chi connectivity index (χ1v) is 19.1. The molecular formula is C38H78O2. The molecule has 0 saturated heterocycles. The van der Waals surface area contributed by atoms with Crippen molar-refractivity contribution in [1.29, 1.82) is 0 Å². The van der Waals surface area contributed by atoms with E-state index in [1.165, 1.54) is 212 Å². The van der Waals surface area contributed by atoms with Crippen LogP contribution >= 0.6 is 0 Å². The van der Waals surface area contributed by atoms with E-state index in [9.17, 15) is 0 Å². The van der Waals surface area contributed by atoms with Crippen molar-refractivity contribution in [3.05, 3.63) is 0 Å². The van der Waals surface area contributed by atoms with E-state index < -0.39 is 0 Å². The standard InChI is InChI=1S/C38H78O2/c1-2-3-4-5-6-7-8-9-10-16-19-22-25-28-31-34-37-40-38-35-32-29-26-23-20-17-14-12-11-13-15-18-21-24-27-30-33-36-39/h39H,2-38H2,1H3. The summed E-state index contributed by atoms with van der Waals surface area (Å²) >= 11 is 0. The monoisotopic (exact) mass is 567 g/mol. The van der Waals surface area contributed by atoms with Crippen molar-refractivity contribution in [2.75, 3.05) is 19.8 Å². The molecule has 40 heavy (non-hydrogen) atoms. The van der Waals surface area contributed by atoms with E-state index in [1.54, 1.807) is 0 Å². The van der Waals surface area contributed by atoms with E-state index in [0.29, 0.717) is 6.61 Å². The molecule has 2 nitrogen and oxygen atoms in total. The Morgan fingerprint density at radius 1 is 0.275 bits per heavy atom. The molecule has 2 heteroatoms. The Morgan fingerprint density at radius 2 is 0.475 bits per heavy atom. The maximum absolute atomic E-state index is 8.79. The van der Waals surface area contributed by atoms with E-state index in [1.807, 2.05) is 0 Å². The van der Waals surface area contributed by atoms with Gasteiger partial charge in [0.2, 0.25) is 0 Å². The second-order valence-electron chi connectivity index (χ2n) is 13.0. The summed E-state index contributed by atoms with van der Waals surface area (Å²) in [6.07, 6.45) is 47.7. The summed E-state index contributed by atoms with van der Waals surface area (Å²) in [6, 6.07) is 0. The van der Waals surface area contributed by atoms with Crippen molar-refractivity contribution in [3.63, 3.8) is 0 Å². The Morgan fingerprint density at radius 3 is 0.700 bits per heavy atom. The number of aliphatic hydroxyl groups is 1. The first-order valence-electron chi connectivity index (χ1n) is 19.1. The average Bonchev–Trinajstić information content (AvgIpc) is 2.97. The summed E-state index contributed by atoms with van der Waals surface area (Å²) in [6.45, 7) is 4.65. The molecule has 0 heterocycles. The van der Waals surface area contributed by atoms with Gasteiger partial charge in [-0.15, -0.1) is 0 Å². The predicted octanol–water partition coefficient (Wildman–Crippen LogP) is 13.3. The van der Waals surface area contributed by atoms with Crippen molar-refractivity contribution >= 4 is 0 Å². The van der Waals surface area contributed by atoms with Crippen LogP contribution < -0.4 is 0 Å². The van der Waals surface area contributed by atoms with Crippen LogP contribution in [-0.2, 0) is 4.74 Å². The zero-order valence-corrected chi connectivity index (χ0v) is 28.0. The molecule has 0 spiro atoms. The van der Waals surface area contributed by atoms with Gasteiger partial charge >= 0.3 is 0 Å². The molecule has 0 aliphatic heterocycles. The SMILES string of the molecule is CCCCCCCCCCCCCCCCCCOCCCCCCCCCCCCCCCCCCCCO. The van der Waals surface area contributed by atoms with Gasteiger partial charge in [-0.2, -0.15) is 0 Å². The summed E-state index contributed by atoms with van der Waals surface area (Å²) in [5, 5.41) is 8.79. The van der Waals surface area contributed by atoms with E-state index in [0.717, 1.165) is 19.6 Å². The lowest BCUT2D eigenvalue weighted by atomic mass is 10.0. The lowest BCUT2D eigenvalue weighted by Crippen LogP contribution is -1.97. The molecule has 242 valence electrons. The summed E-state index contributed by atoms with van der Waals surface area (Å²) < 4.78 is 5.88. The van der Waals surface area contributed by atoms with Gasteiger partial charge in [0.05, 0.1) is 0 Å². The lowest BCUT2D eigenvalue weighted by molar-refractivity contribution is 0.125. The third-order valence-corrected chi connectivity index (χ3v) is 8.84. The summed E-state index contributed by atoms with van der Waals surface area (Å²) in [5.74, 6) is 0. The van der Waals surface area contributed by atoms with E-state index >= 15 is 0 Å². The Hall–Kier alpha value is -0.0800. The highest BCUT2D eigenvalue weighted by atomic mass is 16.5. The number of unbranched alkanes of at least 4 members (excludes halogenated alkanes) is 32. The number of aliphatic hydroxyl groups excluding tert-OH is 1. The fraction of sp³-hybridized carbons (Fsp3) is 1.00. The number of ether oxygens (including phenoxy) is 1. The van der Waals surface area contributed by atoms with Crippen LogP contribution in [0.4, 0.5) is 0 Å². The first kappa shape index (κ1) is 39.9. The molecule has 0 aromatic carbocycles. The van der Waals surface area contributed by atoms with Crippen molar-refractivity contribution in [2.45, 2.75) is 225 Å². The van der Waals surface area contributed by atoms with Crippen LogP contribution in [-0.4, -0.2) is 24.9 Å². The molecule has 0 amide bonds. The molecular weight excluding hydrogens is 488 g/mol. The largest absolute Gasteiger partial charge is 0.396 e. The molecule has 0 radical (unpaired) electrons. The zero-order valence-electron chi connectivity index (χ0n) is 28.0. The van der Waals surface area contributed by atoms with Gasteiger partial charge in [0, 0.05) is 19.8 Å². The van der Waals surface area contributed by atoms with Gasteiger partial charge in [0.15, 0.2) is 0 Å². The molecule has 0 unspecified atom stereocenters. The minimum absolute atomic E-state index is 0.370. The Kier molecular flexibility index (Phi) is 38.8. The van der Waals surface area contributed by atoms with Gasteiger partial charge in [0.25, 0.3) is 0 Å². The molecule has 1 N–H and O–H groups in total. The molecule has 0 atom stereocenters. The highest BCUT2D eigenvalue weighted by Crippen LogP contribution is 2.15. The summed E-state index contributed by atoms with van der Waals surface area (Å²) in [4.78, 5) is 0. The Bertz CT molecular complexity index is 372. The fourth-order valence-corrected chi connectivity index (χ4v) is 6.00. The maximum atomic E-state index is 8.79. The molecule has 0 fully saturated rings. The number of hydrogen-bond donors (Lipinski definition) is 1. The Labute approximate surface area is 254 Å². The highest BCUT2D eigenvalue weighted by Gasteiger charge is 1.97. The molecule has 0 aliphatic carbocycles. The van der Waals surface area contributed by atoms with Gasteiger partial charge in [-0.05, 0) is 19.3 Å². The van der Waals surface area contributed by atoms with E-state index in [2.05, 4.69) is 6.92 Å². The first-order chi connectivity index (χ1) is 19.9. The third-order valence-electron chi connectivity index (χ3n) is 8.84. The number of hydrogen-bond acceptors (Lipinski definition) is 2. The summed E-state index contributed by atoms with van der Waals surface area (Å²) in [7, 11) is 0. The van der Waals surface area contributed by atoms with Gasteiger partial charge in [-0.1, -0.05) is 206 Å². The molecule has 0 aromatic heterocycles. The quantitative estimate of drug-likeness (QED) is 0.0758. The smallest absolute Gasteiger partial charge is 0.0466 e. The van der Waals surface area contributed by atoms with Crippen LogP contribution in [0.5, 0.6) is 0 Å². The minimum Gasteiger partial charge on any atom is -0.396 e. The molecule has 0 aliphatic rings. The third kappa shape index (κ3) is 37.9. The van der Waals surface area contributed by atoms with Gasteiger partial charge in [-0.25, -0.2) is 0 Å². The van der Waals surface area contributed by atoms with Crippen LogP contribution in [0.1, 0.15) is 225 Å². The lowest BCUT2D eigenvalue weighted by Gasteiger charge is -2.06.